The summed E-state index contributed by atoms with van der Waals surface area (Å²) in [6, 6.07) is 15.3. The lowest BCUT2D eigenvalue weighted by molar-refractivity contribution is -0.386. The molecule has 0 aliphatic carbocycles. The molecule has 0 atom stereocenters. The molecule has 1 N–H and O–H groups in total. The third-order valence-electron chi connectivity index (χ3n) is 4.32. The van der Waals surface area contributed by atoms with Gasteiger partial charge < -0.3 is 5.32 Å². The van der Waals surface area contributed by atoms with E-state index in [1.54, 1.807) is 55.5 Å². The number of nitro groups is 1. The van der Waals surface area contributed by atoms with Crippen LogP contribution in [0.3, 0.4) is 0 Å². The van der Waals surface area contributed by atoms with Crippen LogP contribution in [0.25, 0.3) is 0 Å². The molecular weight excluding hydrogens is 360 g/mol. The molecular formula is C20H18N4O4. The highest BCUT2D eigenvalue weighted by molar-refractivity contribution is 6.04. The number of ketones is 1. The number of aromatic nitrogens is 2. The van der Waals surface area contributed by atoms with Crippen molar-refractivity contribution in [2.45, 2.75) is 20.4 Å². The Morgan fingerprint density at radius 2 is 1.68 bits per heavy atom. The fourth-order valence-corrected chi connectivity index (χ4v) is 2.87. The second kappa shape index (κ2) is 7.83. The van der Waals surface area contributed by atoms with Gasteiger partial charge in [0.25, 0.3) is 5.91 Å². The van der Waals surface area contributed by atoms with Crippen molar-refractivity contribution < 1.29 is 14.5 Å². The van der Waals surface area contributed by atoms with Crippen LogP contribution in [0.4, 0.5) is 11.4 Å². The standard InChI is InChI=1S/C20H18N4O4/c1-13-19(24(27)28)14(2)23(22-13)12-18(25)15-8-10-17(11-9-15)21-20(26)16-6-4-3-5-7-16/h3-11H,12H2,1-2H3,(H,21,26). The van der Waals surface area contributed by atoms with Gasteiger partial charge in [0.15, 0.2) is 5.78 Å². The molecule has 0 bridgehead atoms. The molecule has 0 unspecified atom stereocenters. The molecule has 0 fully saturated rings. The Morgan fingerprint density at radius 3 is 2.25 bits per heavy atom. The van der Waals surface area contributed by atoms with Gasteiger partial charge in [-0.15, -0.1) is 0 Å². The van der Waals surface area contributed by atoms with Crippen LogP contribution in [0, 0.1) is 24.0 Å². The fourth-order valence-electron chi connectivity index (χ4n) is 2.87. The third kappa shape index (κ3) is 3.96. The number of aryl methyl sites for hydroxylation is 1. The van der Waals surface area contributed by atoms with Crippen molar-refractivity contribution in [1.29, 1.82) is 0 Å². The maximum Gasteiger partial charge on any atom is 0.312 e. The predicted molar refractivity (Wildman–Crippen MR) is 104 cm³/mol. The largest absolute Gasteiger partial charge is 0.322 e. The van der Waals surface area contributed by atoms with E-state index in [9.17, 15) is 19.7 Å². The van der Waals surface area contributed by atoms with Crippen LogP contribution in [-0.2, 0) is 6.54 Å². The van der Waals surface area contributed by atoms with Crippen molar-refractivity contribution in [3.63, 3.8) is 0 Å². The molecule has 0 aliphatic heterocycles. The lowest BCUT2D eigenvalue weighted by Gasteiger charge is -2.07. The van der Waals surface area contributed by atoms with Crippen molar-refractivity contribution >= 4 is 23.1 Å². The molecule has 8 nitrogen and oxygen atoms in total. The summed E-state index contributed by atoms with van der Waals surface area (Å²) in [5, 5.41) is 17.9. The monoisotopic (exact) mass is 378 g/mol. The summed E-state index contributed by atoms with van der Waals surface area (Å²) < 4.78 is 1.33. The SMILES string of the molecule is Cc1nn(CC(=O)c2ccc(NC(=O)c3ccccc3)cc2)c(C)c1[N+](=O)[O-]. The number of carbonyl (C=O) groups is 2. The molecule has 0 saturated carbocycles. The summed E-state index contributed by atoms with van der Waals surface area (Å²) in [4.78, 5) is 35.2. The van der Waals surface area contributed by atoms with Gasteiger partial charge in [0.1, 0.15) is 17.9 Å². The molecule has 2 aromatic carbocycles. The average molecular weight is 378 g/mol. The van der Waals surface area contributed by atoms with E-state index >= 15 is 0 Å². The van der Waals surface area contributed by atoms with Crippen molar-refractivity contribution in [2.24, 2.45) is 0 Å². The van der Waals surface area contributed by atoms with E-state index in [-0.39, 0.29) is 29.6 Å². The molecule has 142 valence electrons. The minimum atomic E-state index is -0.497. The lowest BCUT2D eigenvalue weighted by Crippen LogP contribution is -2.14. The van der Waals surface area contributed by atoms with Crippen LogP contribution in [0.1, 0.15) is 32.1 Å². The minimum absolute atomic E-state index is 0.0771. The second-order valence-electron chi connectivity index (χ2n) is 6.25. The summed E-state index contributed by atoms with van der Waals surface area (Å²) in [7, 11) is 0. The summed E-state index contributed by atoms with van der Waals surface area (Å²) in [6.45, 7) is 3.00. The highest BCUT2D eigenvalue weighted by Gasteiger charge is 2.23. The highest BCUT2D eigenvalue weighted by atomic mass is 16.6. The smallest absolute Gasteiger partial charge is 0.312 e. The number of hydrogen-bond donors (Lipinski definition) is 1. The number of amides is 1. The van der Waals surface area contributed by atoms with E-state index in [0.29, 0.717) is 22.5 Å². The molecule has 1 amide bonds. The first-order valence-corrected chi connectivity index (χ1v) is 8.55. The normalized spacial score (nSPS) is 10.5. The number of nitrogens with zero attached hydrogens (tertiary/aromatic N) is 3. The summed E-state index contributed by atoms with van der Waals surface area (Å²) >= 11 is 0. The number of anilines is 1. The van der Waals surface area contributed by atoms with Gasteiger partial charge in [-0.1, -0.05) is 18.2 Å². The van der Waals surface area contributed by atoms with Gasteiger partial charge in [0.2, 0.25) is 0 Å². The van der Waals surface area contributed by atoms with E-state index in [1.807, 2.05) is 6.07 Å². The Bertz CT molecular complexity index is 1040. The number of rotatable bonds is 6. The predicted octanol–water partition coefficient (Wildman–Crippen LogP) is 3.54. The van der Waals surface area contributed by atoms with Crippen molar-refractivity contribution in [3.05, 3.63) is 87.2 Å². The molecule has 28 heavy (non-hydrogen) atoms. The highest BCUT2D eigenvalue weighted by Crippen LogP contribution is 2.22. The summed E-state index contributed by atoms with van der Waals surface area (Å²) in [6.07, 6.45) is 0. The zero-order valence-corrected chi connectivity index (χ0v) is 15.4. The van der Waals surface area contributed by atoms with Crippen LogP contribution < -0.4 is 5.32 Å². The average Bonchev–Trinajstić information content (AvgIpc) is 2.96. The molecule has 8 heteroatoms. The number of Topliss-reactive ketones (excluding diaryl/α,β-unsaturated/α-hetero) is 1. The van der Waals surface area contributed by atoms with Gasteiger partial charge in [0.05, 0.1) is 4.92 Å². The van der Waals surface area contributed by atoms with Crippen LogP contribution in [0.5, 0.6) is 0 Å². The maximum atomic E-state index is 12.5. The Labute approximate surface area is 161 Å². The van der Waals surface area contributed by atoms with Gasteiger partial charge in [-0.2, -0.15) is 5.10 Å². The molecule has 0 saturated heterocycles. The van der Waals surface area contributed by atoms with E-state index in [4.69, 9.17) is 0 Å². The first-order valence-electron chi connectivity index (χ1n) is 8.55. The zero-order chi connectivity index (χ0) is 20.3. The van der Waals surface area contributed by atoms with Crippen molar-refractivity contribution in [2.75, 3.05) is 5.32 Å². The topological polar surface area (TPSA) is 107 Å². The summed E-state index contributed by atoms with van der Waals surface area (Å²) in [5.41, 5.74) is 2.05. The Morgan fingerprint density at radius 1 is 1.04 bits per heavy atom. The van der Waals surface area contributed by atoms with Gasteiger partial charge in [0, 0.05) is 16.8 Å². The number of carbonyl (C=O) groups excluding carboxylic acids is 2. The van der Waals surface area contributed by atoms with Crippen LogP contribution >= 0.6 is 0 Å². The third-order valence-corrected chi connectivity index (χ3v) is 4.32. The molecule has 0 aliphatic rings. The van der Waals surface area contributed by atoms with Crippen molar-refractivity contribution in [3.8, 4) is 0 Å². The van der Waals surface area contributed by atoms with E-state index in [0.717, 1.165) is 0 Å². The molecule has 1 heterocycles. The Balaban J connectivity index is 1.70. The molecule has 0 spiro atoms. The first kappa shape index (κ1) is 19.0. The van der Waals surface area contributed by atoms with E-state index < -0.39 is 4.92 Å². The minimum Gasteiger partial charge on any atom is -0.322 e. The second-order valence-corrected chi connectivity index (χ2v) is 6.25. The van der Waals surface area contributed by atoms with Gasteiger partial charge in [-0.05, 0) is 50.2 Å². The molecule has 3 aromatic rings. The number of benzene rings is 2. The quantitative estimate of drug-likeness (QED) is 0.401. The maximum absolute atomic E-state index is 12.5. The Kier molecular flexibility index (Phi) is 5.30. The van der Waals surface area contributed by atoms with Gasteiger partial charge in [-0.3, -0.25) is 24.4 Å². The van der Waals surface area contributed by atoms with Crippen LogP contribution in [0.2, 0.25) is 0 Å². The number of hydrogen-bond acceptors (Lipinski definition) is 5. The summed E-state index contributed by atoms with van der Waals surface area (Å²) in [5.74, 6) is -0.476. The fraction of sp³-hybridized carbons (Fsp3) is 0.150. The molecule has 3 rings (SSSR count). The zero-order valence-electron chi connectivity index (χ0n) is 15.4. The number of nitrogens with one attached hydrogen (secondary N) is 1. The Hall–Kier alpha value is -3.81. The van der Waals surface area contributed by atoms with Crippen molar-refractivity contribution in [1.82, 2.24) is 9.78 Å². The van der Waals surface area contributed by atoms with Gasteiger partial charge in [-0.25, -0.2) is 0 Å². The van der Waals surface area contributed by atoms with E-state index in [1.165, 1.54) is 11.6 Å². The van der Waals surface area contributed by atoms with Crippen LogP contribution in [-0.4, -0.2) is 26.4 Å². The molecule has 0 radical (unpaired) electrons. The first-order chi connectivity index (χ1) is 13.4. The van der Waals surface area contributed by atoms with Crippen LogP contribution in [0.15, 0.2) is 54.6 Å². The van der Waals surface area contributed by atoms with Gasteiger partial charge >= 0.3 is 5.69 Å². The lowest BCUT2D eigenvalue weighted by atomic mass is 10.1. The van der Waals surface area contributed by atoms with E-state index in [2.05, 4.69) is 10.4 Å². The molecule has 1 aromatic heterocycles.